The number of carbonyl (C=O) groups excluding carboxylic acids is 1. The minimum absolute atomic E-state index is 0.0680. The van der Waals surface area contributed by atoms with Crippen LogP contribution in [0.4, 0.5) is 5.69 Å². The number of nitrogens with one attached hydrogen (secondary N) is 2. The van der Waals surface area contributed by atoms with E-state index in [4.69, 9.17) is 0 Å². The maximum Gasteiger partial charge on any atom is 0.222 e. The Morgan fingerprint density at radius 3 is 2.62 bits per heavy atom. The van der Waals surface area contributed by atoms with Crippen LogP contribution >= 0.6 is 0 Å². The van der Waals surface area contributed by atoms with Crippen molar-refractivity contribution >= 4 is 11.6 Å². The minimum Gasteiger partial charge on any atom is -0.385 e. The van der Waals surface area contributed by atoms with Gasteiger partial charge in [0.05, 0.1) is 0 Å². The zero-order valence-electron chi connectivity index (χ0n) is 12.6. The Kier molecular flexibility index (Phi) is 5.38. The first kappa shape index (κ1) is 15.1. The molecule has 0 fully saturated rings. The maximum atomic E-state index is 11.8. The number of carbonyl (C=O) groups is 1. The predicted molar refractivity (Wildman–Crippen MR) is 87.3 cm³/mol. The molecule has 2 aromatic carbocycles. The van der Waals surface area contributed by atoms with Crippen molar-refractivity contribution < 1.29 is 4.79 Å². The van der Waals surface area contributed by atoms with Gasteiger partial charge in [-0.25, -0.2) is 0 Å². The second kappa shape index (κ2) is 7.48. The number of hydrogen-bond donors (Lipinski definition) is 2. The molecule has 3 heteroatoms. The summed E-state index contributed by atoms with van der Waals surface area (Å²) in [6.07, 6.45) is 0.472. The van der Waals surface area contributed by atoms with E-state index in [1.807, 2.05) is 30.3 Å². The lowest BCUT2D eigenvalue weighted by atomic mass is 10.1. The second-order valence-corrected chi connectivity index (χ2v) is 5.25. The lowest BCUT2D eigenvalue weighted by molar-refractivity contribution is -0.121. The van der Waals surface area contributed by atoms with Crippen LogP contribution in [0.2, 0.25) is 0 Å². The number of aryl methyl sites for hydroxylation is 2. The van der Waals surface area contributed by atoms with Gasteiger partial charge in [-0.3, -0.25) is 4.79 Å². The van der Waals surface area contributed by atoms with E-state index in [9.17, 15) is 4.79 Å². The van der Waals surface area contributed by atoms with Crippen molar-refractivity contribution in [2.24, 2.45) is 0 Å². The molecule has 0 bridgehead atoms. The van der Waals surface area contributed by atoms with Crippen LogP contribution in [0.15, 0.2) is 48.5 Å². The molecular weight excluding hydrogens is 260 g/mol. The summed E-state index contributed by atoms with van der Waals surface area (Å²) < 4.78 is 0. The van der Waals surface area contributed by atoms with Gasteiger partial charge in [0.15, 0.2) is 0 Å². The van der Waals surface area contributed by atoms with Crippen molar-refractivity contribution in [1.82, 2.24) is 5.32 Å². The summed E-state index contributed by atoms with van der Waals surface area (Å²) in [4.78, 5) is 11.8. The molecule has 0 radical (unpaired) electrons. The van der Waals surface area contributed by atoms with E-state index in [1.165, 1.54) is 11.1 Å². The molecule has 0 unspecified atom stereocenters. The highest BCUT2D eigenvalue weighted by Gasteiger charge is 2.02. The summed E-state index contributed by atoms with van der Waals surface area (Å²) in [7, 11) is 0. The summed E-state index contributed by atoms with van der Waals surface area (Å²) in [5.41, 5.74) is 4.64. The van der Waals surface area contributed by atoms with E-state index in [2.05, 4.69) is 42.7 Å². The summed E-state index contributed by atoms with van der Waals surface area (Å²) in [6, 6.07) is 16.3. The molecule has 0 aliphatic carbocycles. The quantitative estimate of drug-likeness (QED) is 0.852. The van der Waals surface area contributed by atoms with E-state index < -0.39 is 0 Å². The van der Waals surface area contributed by atoms with Gasteiger partial charge in [-0.2, -0.15) is 0 Å². The van der Waals surface area contributed by atoms with Gasteiger partial charge in [0.2, 0.25) is 5.91 Å². The Bertz CT molecular complexity index is 608. The van der Waals surface area contributed by atoms with Gasteiger partial charge in [0.25, 0.3) is 0 Å². The van der Waals surface area contributed by atoms with Crippen molar-refractivity contribution in [3.63, 3.8) is 0 Å². The molecule has 0 aliphatic heterocycles. The van der Waals surface area contributed by atoms with Gasteiger partial charge in [-0.05, 0) is 42.7 Å². The molecule has 0 aliphatic rings. The van der Waals surface area contributed by atoms with Crippen LogP contribution in [-0.4, -0.2) is 12.5 Å². The first-order chi connectivity index (χ1) is 10.1. The van der Waals surface area contributed by atoms with Crippen LogP contribution in [0.5, 0.6) is 0 Å². The van der Waals surface area contributed by atoms with Crippen molar-refractivity contribution in [2.45, 2.75) is 26.8 Å². The molecule has 2 aromatic rings. The molecular formula is C18H22N2O. The van der Waals surface area contributed by atoms with E-state index >= 15 is 0 Å². The van der Waals surface area contributed by atoms with Gasteiger partial charge < -0.3 is 10.6 Å². The average Bonchev–Trinajstić information content (AvgIpc) is 2.46. The fourth-order valence-electron chi connectivity index (χ4n) is 2.17. The monoisotopic (exact) mass is 282 g/mol. The molecule has 2 N–H and O–H groups in total. The second-order valence-electron chi connectivity index (χ2n) is 5.25. The Labute approximate surface area is 126 Å². The molecule has 0 saturated carbocycles. The Morgan fingerprint density at radius 2 is 1.86 bits per heavy atom. The standard InChI is InChI=1S/C18H22N2O/c1-14-6-5-9-17(12-14)19-11-10-18(21)20-13-16-8-4-3-7-15(16)2/h3-9,12,19H,10-11,13H2,1-2H3,(H,20,21). The van der Waals surface area contributed by atoms with E-state index in [-0.39, 0.29) is 5.91 Å². The van der Waals surface area contributed by atoms with Crippen molar-refractivity contribution in [3.8, 4) is 0 Å². The lowest BCUT2D eigenvalue weighted by Crippen LogP contribution is -2.25. The van der Waals surface area contributed by atoms with Crippen LogP contribution in [0.25, 0.3) is 0 Å². The van der Waals surface area contributed by atoms with Crippen LogP contribution in [-0.2, 0) is 11.3 Å². The molecule has 0 aromatic heterocycles. The third-order valence-corrected chi connectivity index (χ3v) is 3.44. The topological polar surface area (TPSA) is 41.1 Å². The summed E-state index contributed by atoms with van der Waals surface area (Å²) in [5.74, 6) is 0.0680. The third kappa shape index (κ3) is 4.95. The number of rotatable bonds is 6. The van der Waals surface area contributed by atoms with Gasteiger partial charge in [0, 0.05) is 25.2 Å². The highest BCUT2D eigenvalue weighted by atomic mass is 16.1. The van der Waals surface area contributed by atoms with Crippen molar-refractivity contribution in [3.05, 3.63) is 65.2 Å². The van der Waals surface area contributed by atoms with Crippen LogP contribution < -0.4 is 10.6 Å². The van der Waals surface area contributed by atoms with E-state index in [0.717, 1.165) is 11.3 Å². The minimum atomic E-state index is 0.0680. The lowest BCUT2D eigenvalue weighted by Gasteiger charge is -2.09. The van der Waals surface area contributed by atoms with E-state index in [1.54, 1.807) is 0 Å². The van der Waals surface area contributed by atoms with Crippen molar-refractivity contribution in [1.29, 1.82) is 0 Å². The SMILES string of the molecule is Cc1cccc(NCCC(=O)NCc2ccccc2C)c1. The fraction of sp³-hybridized carbons (Fsp3) is 0.278. The van der Waals surface area contributed by atoms with Crippen LogP contribution in [0.3, 0.4) is 0 Å². The van der Waals surface area contributed by atoms with E-state index in [0.29, 0.717) is 19.5 Å². The number of anilines is 1. The van der Waals surface area contributed by atoms with Gasteiger partial charge in [-0.15, -0.1) is 0 Å². The largest absolute Gasteiger partial charge is 0.385 e. The fourth-order valence-corrected chi connectivity index (χ4v) is 2.17. The molecule has 2 rings (SSSR count). The highest BCUT2D eigenvalue weighted by Crippen LogP contribution is 2.09. The van der Waals surface area contributed by atoms with Gasteiger partial charge in [-0.1, -0.05) is 36.4 Å². The smallest absolute Gasteiger partial charge is 0.222 e. The van der Waals surface area contributed by atoms with Gasteiger partial charge in [0.1, 0.15) is 0 Å². The van der Waals surface area contributed by atoms with Crippen LogP contribution in [0, 0.1) is 13.8 Å². The summed E-state index contributed by atoms with van der Waals surface area (Å²) in [6.45, 7) is 5.35. The molecule has 3 nitrogen and oxygen atoms in total. The third-order valence-electron chi connectivity index (χ3n) is 3.44. The Balaban J connectivity index is 1.72. The molecule has 21 heavy (non-hydrogen) atoms. The molecule has 110 valence electrons. The number of hydrogen-bond acceptors (Lipinski definition) is 2. The first-order valence-corrected chi connectivity index (χ1v) is 7.27. The van der Waals surface area contributed by atoms with Crippen molar-refractivity contribution in [2.75, 3.05) is 11.9 Å². The molecule has 1 amide bonds. The molecule has 0 atom stereocenters. The molecule has 0 saturated heterocycles. The zero-order chi connectivity index (χ0) is 15.1. The first-order valence-electron chi connectivity index (χ1n) is 7.27. The Morgan fingerprint density at radius 1 is 1.05 bits per heavy atom. The number of benzene rings is 2. The average molecular weight is 282 g/mol. The van der Waals surface area contributed by atoms with Crippen LogP contribution in [0.1, 0.15) is 23.1 Å². The number of amides is 1. The predicted octanol–water partition coefficient (Wildman–Crippen LogP) is 3.42. The summed E-state index contributed by atoms with van der Waals surface area (Å²) in [5, 5.41) is 6.22. The molecule has 0 heterocycles. The molecule has 0 spiro atoms. The maximum absolute atomic E-state index is 11.8. The summed E-state index contributed by atoms with van der Waals surface area (Å²) >= 11 is 0. The normalized spacial score (nSPS) is 10.2. The zero-order valence-corrected chi connectivity index (χ0v) is 12.6. The Hall–Kier alpha value is -2.29. The highest BCUT2D eigenvalue weighted by molar-refractivity contribution is 5.76. The van der Waals surface area contributed by atoms with Gasteiger partial charge >= 0.3 is 0 Å².